The van der Waals surface area contributed by atoms with Crippen molar-refractivity contribution in [1.82, 2.24) is 39.9 Å². The number of hydrogen-bond acceptors (Lipinski definition) is 12. The van der Waals surface area contributed by atoms with Gasteiger partial charge < -0.3 is 38.4 Å². The van der Waals surface area contributed by atoms with Crippen LogP contribution in [0.4, 0.5) is 0 Å². The first-order chi connectivity index (χ1) is 38.6. The van der Waals surface area contributed by atoms with Gasteiger partial charge in [0.15, 0.2) is 57.8 Å². The summed E-state index contributed by atoms with van der Waals surface area (Å²) in [5, 5.41) is 1.22. The van der Waals surface area contributed by atoms with Gasteiger partial charge in [0.25, 0.3) is 0 Å². The summed E-state index contributed by atoms with van der Waals surface area (Å²) in [4.78, 5) is 37.3. The predicted octanol–water partition coefficient (Wildman–Crippen LogP) is 20.4. The Balaban J connectivity index is 1.41. The number of hydrogen-bond donors (Lipinski definition) is 2. The molecule has 25 heteroatoms. The number of halogens is 11. The number of methoxy groups -OCH3 is 2. The zero-order valence-corrected chi connectivity index (χ0v) is 52.8. The van der Waals surface area contributed by atoms with E-state index in [4.69, 9.17) is 186 Å². The van der Waals surface area contributed by atoms with Crippen molar-refractivity contribution < 1.29 is 28.4 Å². The number of ether oxygens (including phenoxy) is 6. The van der Waals surface area contributed by atoms with Crippen molar-refractivity contribution >= 4 is 172 Å². The van der Waals surface area contributed by atoms with Gasteiger partial charge in [-0.15, -0.1) is 0 Å². The van der Waals surface area contributed by atoms with Gasteiger partial charge in [0.1, 0.15) is 37.7 Å². The van der Waals surface area contributed by atoms with Crippen molar-refractivity contribution in [3.05, 3.63) is 79.0 Å². The molecule has 5 heterocycles. The summed E-state index contributed by atoms with van der Waals surface area (Å²) >= 11 is 80.6. The molecule has 3 aromatic heterocycles. The highest BCUT2D eigenvalue weighted by Crippen LogP contribution is 2.57. The van der Waals surface area contributed by atoms with Crippen molar-refractivity contribution in [2.75, 3.05) is 34.0 Å². The molecule has 2 aliphatic heterocycles. The number of aromatic amines is 2. The molecule has 2 aliphatic rings. The number of aromatic nitrogens is 8. The summed E-state index contributed by atoms with van der Waals surface area (Å²) in [5.74, 6) is 2.06. The average Bonchev–Trinajstić information content (AvgIpc) is 4.41. The fourth-order valence-corrected chi connectivity index (χ4v) is 12.4. The van der Waals surface area contributed by atoms with Gasteiger partial charge >= 0.3 is 0 Å². The molecule has 0 saturated carbocycles. The van der Waals surface area contributed by atoms with Gasteiger partial charge in [0.05, 0.1) is 113 Å². The molecule has 8 aromatic rings. The highest BCUT2D eigenvalue weighted by atomic mass is 35.5. The van der Waals surface area contributed by atoms with Crippen LogP contribution in [0.15, 0.2) is 18.2 Å². The average molecular weight is 1320 g/mol. The summed E-state index contributed by atoms with van der Waals surface area (Å²) < 4.78 is 36.9. The van der Waals surface area contributed by atoms with E-state index in [0.29, 0.717) is 36.3 Å². The summed E-state index contributed by atoms with van der Waals surface area (Å²) in [5.41, 5.74) is 1.43. The number of fused-ring (bicyclic) bond motifs is 20. The molecule has 0 fully saturated rings. The van der Waals surface area contributed by atoms with Crippen LogP contribution in [0.1, 0.15) is 66.4 Å². The Morgan fingerprint density at radius 3 is 1.07 bits per heavy atom. The van der Waals surface area contributed by atoms with Crippen LogP contribution >= 0.6 is 128 Å². The largest absolute Gasteiger partial charge is 0.493 e. The zero-order chi connectivity index (χ0) is 58.2. The number of para-hydroxylation sites is 1. The van der Waals surface area contributed by atoms with Gasteiger partial charge in [-0.1, -0.05) is 175 Å². The smallest absolute Gasteiger partial charge is 0.211 e. The normalized spacial score (nSPS) is 12.1. The Bertz CT molecular complexity index is 4070. The molecule has 2 N–H and O–H groups in total. The van der Waals surface area contributed by atoms with Gasteiger partial charge in [-0.2, -0.15) is 0 Å². The molecule has 10 rings (SSSR count). The van der Waals surface area contributed by atoms with Crippen molar-refractivity contribution in [2.24, 2.45) is 17.8 Å². The van der Waals surface area contributed by atoms with E-state index in [1.807, 2.05) is 0 Å². The van der Waals surface area contributed by atoms with Crippen molar-refractivity contribution in [1.29, 1.82) is 0 Å². The molecule has 0 spiro atoms. The summed E-state index contributed by atoms with van der Waals surface area (Å²) in [6.45, 7) is 14.9. The van der Waals surface area contributed by atoms with Crippen molar-refractivity contribution in [3.63, 3.8) is 0 Å². The van der Waals surface area contributed by atoms with Crippen LogP contribution in [-0.4, -0.2) is 73.9 Å². The monoisotopic (exact) mass is 1310 g/mol. The van der Waals surface area contributed by atoms with E-state index in [0.717, 1.165) is 0 Å². The van der Waals surface area contributed by atoms with Crippen molar-refractivity contribution in [3.8, 4) is 85.8 Å². The quantitative estimate of drug-likeness (QED) is 0.0881. The third-order valence-corrected chi connectivity index (χ3v) is 17.8. The molecular formula is C56H47Cl11N8O6. The van der Waals surface area contributed by atoms with E-state index in [2.05, 4.69) is 51.5 Å². The summed E-state index contributed by atoms with van der Waals surface area (Å²) in [6, 6.07) is 5.17. The fraction of sp³-hybridized carbons (Fsp3) is 0.321. The number of nitrogens with zero attached hydrogens (tertiary/aromatic N) is 6. The third kappa shape index (κ3) is 10.7. The third-order valence-electron chi connectivity index (χ3n) is 13.4. The molecule has 0 unspecified atom stereocenters. The van der Waals surface area contributed by atoms with Crippen LogP contribution in [0, 0.1) is 24.7 Å². The maximum Gasteiger partial charge on any atom is 0.211 e. The van der Waals surface area contributed by atoms with Crippen LogP contribution in [0.2, 0.25) is 55.2 Å². The Morgan fingerprint density at radius 2 is 0.704 bits per heavy atom. The highest BCUT2D eigenvalue weighted by Gasteiger charge is 2.35. The molecule has 0 atom stereocenters. The number of rotatable bonds is 16. The second-order valence-electron chi connectivity index (χ2n) is 20.2. The minimum atomic E-state index is -0.0302. The van der Waals surface area contributed by atoms with Gasteiger partial charge in [-0.25, -0.2) is 29.9 Å². The van der Waals surface area contributed by atoms with Gasteiger partial charge in [0, 0.05) is 10.9 Å². The second kappa shape index (κ2) is 23.8. The zero-order valence-electron chi connectivity index (χ0n) is 44.5. The Morgan fingerprint density at radius 1 is 0.383 bits per heavy atom. The molecule has 81 heavy (non-hydrogen) atoms. The number of H-pyrrole nitrogens is 2. The maximum atomic E-state index is 7.60. The lowest BCUT2D eigenvalue weighted by molar-refractivity contribution is 0.290. The topological polar surface area (TPSA) is 164 Å². The van der Waals surface area contributed by atoms with Crippen LogP contribution in [0.25, 0.3) is 89.7 Å². The SMILES string of the molecule is COc1cccc(OC)c1Oc1c(C)c(Cl)c2c3nc4nc(nc5[nH]c(nc6nc(nc([nH]3)c2c1Cl)-c1c(Cl)c(OCCC(C)C)c(Cl)c(Cl)c1-6)c1c(Cl)c(OCCC(C)C)c(Cl)c(Cl)c51)-c1c(Cl)c(OCCC(C)C)c(Cl)c(Cl)c1-4. The van der Waals surface area contributed by atoms with E-state index >= 15 is 0 Å². The molecule has 14 nitrogen and oxygen atoms in total. The van der Waals surface area contributed by atoms with Gasteiger partial charge in [-0.05, 0) is 56.1 Å². The molecule has 0 amide bonds. The molecular weight excluding hydrogens is 1270 g/mol. The van der Waals surface area contributed by atoms with Crippen LogP contribution in [-0.2, 0) is 0 Å². The first kappa shape index (κ1) is 59.6. The number of nitrogens with one attached hydrogen (secondary N) is 2. The minimum absolute atomic E-state index is 0.000585. The van der Waals surface area contributed by atoms with E-state index in [1.165, 1.54) is 14.2 Å². The Labute approximate surface area is 520 Å². The second-order valence-corrected chi connectivity index (χ2v) is 24.3. The molecule has 8 bridgehead atoms. The standard InChI is InChI=1S/C56H47Cl11N8O6/c1-19(2)13-16-78-46-38(62)30-26(34(58)41(46)65)50-68-49-25-29(37(61)44(22(7)33(25)57)81-45-23(76-8)11-10-12-24(45)77-9)53(69-49)75-56-32-28(36(60)43(67)48(40(32)64)80-18-15-21(5)6)52(74-56)73-55-31-27(51(72-55)71-54(30)70-50)35(59)42(66)47(39(31)63)79-17-14-20(3)4/h10-12,19-21H,13-18H2,1-9H3,(H2,68,69,70,71,72,73,74,75). The summed E-state index contributed by atoms with van der Waals surface area (Å²) in [6.07, 6.45) is 2.01. The van der Waals surface area contributed by atoms with Gasteiger partial charge in [0.2, 0.25) is 5.75 Å². The predicted molar refractivity (Wildman–Crippen MR) is 330 cm³/mol. The molecule has 0 radical (unpaired) electrons. The first-order valence-electron chi connectivity index (χ1n) is 25.3. The van der Waals surface area contributed by atoms with Crippen molar-refractivity contribution in [2.45, 2.75) is 67.7 Å². The lowest BCUT2D eigenvalue weighted by atomic mass is 10.1. The first-order valence-corrected chi connectivity index (χ1v) is 29.5. The fourth-order valence-electron chi connectivity index (χ4n) is 9.12. The van der Waals surface area contributed by atoms with Crippen LogP contribution < -0.4 is 28.4 Å². The molecule has 0 saturated heterocycles. The van der Waals surface area contributed by atoms with E-state index < -0.39 is 0 Å². The Kier molecular flexibility index (Phi) is 17.5. The van der Waals surface area contributed by atoms with E-state index in [9.17, 15) is 0 Å². The lowest BCUT2D eigenvalue weighted by Gasteiger charge is -2.17. The highest BCUT2D eigenvalue weighted by molar-refractivity contribution is 6.52. The van der Waals surface area contributed by atoms with Crippen LogP contribution in [0.5, 0.6) is 40.2 Å². The molecule has 0 aliphatic carbocycles. The van der Waals surface area contributed by atoms with E-state index in [-0.39, 0.29) is 211 Å². The maximum absolute atomic E-state index is 7.60. The number of benzene rings is 5. The summed E-state index contributed by atoms with van der Waals surface area (Å²) in [7, 11) is 3.00. The molecule has 424 valence electrons. The van der Waals surface area contributed by atoms with Gasteiger partial charge in [-0.3, -0.25) is 0 Å². The minimum Gasteiger partial charge on any atom is -0.493 e. The lowest BCUT2D eigenvalue weighted by Crippen LogP contribution is -2.03. The van der Waals surface area contributed by atoms with E-state index in [1.54, 1.807) is 25.1 Å². The van der Waals surface area contributed by atoms with Crippen LogP contribution in [0.3, 0.4) is 0 Å². The Hall–Kier alpha value is -4.55. The molecule has 5 aromatic carbocycles.